The maximum atomic E-state index is 11.5. The number of hydrogen-bond acceptors (Lipinski definition) is 2. The highest BCUT2D eigenvalue weighted by Crippen LogP contribution is 2.28. The van der Waals surface area contributed by atoms with Gasteiger partial charge in [0, 0.05) is 18.9 Å². The van der Waals surface area contributed by atoms with Crippen molar-refractivity contribution in [1.82, 2.24) is 4.57 Å². The van der Waals surface area contributed by atoms with Gasteiger partial charge in [-0.15, -0.1) is 0 Å². The molecule has 1 aromatic heterocycles. The first-order valence-electron chi connectivity index (χ1n) is 5.36. The zero-order valence-corrected chi connectivity index (χ0v) is 9.78. The van der Waals surface area contributed by atoms with Crippen LogP contribution in [0.2, 0.25) is 0 Å². The molecule has 3 nitrogen and oxygen atoms in total. The van der Waals surface area contributed by atoms with Crippen LogP contribution in [0.4, 0.5) is 0 Å². The number of aryl methyl sites for hydroxylation is 1. The maximum absolute atomic E-state index is 11.5. The largest absolute Gasteiger partial charge is 0.495 e. The van der Waals surface area contributed by atoms with Crippen LogP contribution < -0.4 is 4.74 Å². The smallest absolute Gasteiger partial charge is 0.176 e. The third-order valence-electron chi connectivity index (χ3n) is 2.78. The van der Waals surface area contributed by atoms with Gasteiger partial charge in [0.2, 0.25) is 0 Å². The summed E-state index contributed by atoms with van der Waals surface area (Å²) in [4.78, 5) is 11.5. The molecule has 3 heteroatoms. The summed E-state index contributed by atoms with van der Waals surface area (Å²) >= 11 is 0. The highest BCUT2D eigenvalue weighted by Gasteiger charge is 2.13. The van der Waals surface area contributed by atoms with Crippen LogP contribution in [0.25, 0.3) is 10.9 Å². The van der Waals surface area contributed by atoms with Crippen molar-refractivity contribution >= 4 is 16.7 Å². The molecular weight excluding hydrogens is 202 g/mol. The number of ketones is 1. The Labute approximate surface area is 94.6 Å². The van der Waals surface area contributed by atoms with Crippen molar-refractivity contribution in [3.05, 3.63) is 30.0 Å². The third-order valence-corrected chi connectivity index (χ3v) is 2.78. The predicted molar refractivity (Wildman–Crippen MR) is 64.2 cm³/mol. The SMILES string of the molecule is CCn1c(C(C)=O)cc2cccc(OC)c21. The van der Waals surface area contributed by atoms with Crippen molar-refractivity contribution < 1.29 is 9.53 Å². The Balaban J connectivity index is 2.83. The zero-order valence-electron chi connectivity index (χ0n) is 9.78. The van der Waals surface area contributed by atoms with E-state index in [-0.39, 0.29) is 5.78 Å². The van der Waals surface area contributed by atoms with Crippen LogP contribution in [0.3, 0.4) is 0 Å². The minimum atomic E-state index is 0.0834. The number of benzene rings is 1. The second-order valence-electron chi connectivity index (χ2n) is 3.73. The van der Waals surface area contributed by atoms with Crippen molar-refractivity contribution in [2.75, 3.05) is 7.11 Å². The fourth-order valence-electron chi connectivity index (χ4n) is 2.08. The van der Waals surface area contributed by atoms with E-state index >= 15 is 0 Å². The van der Waals surface area contributed by atoms with Crippen LogP contribution in [0.5, 0.6) is 5.75 Å². The third kappa shape index (κ3) is 1.48. The Kier molecular flexibility index (Phi) is 2.69. The molecule has 0 radical (unpaired) electrons. The van der Waals surface area contributed by atoms with Crippen LogP contribution in [-0.4, -0.2) is 17.5 Å². The molecule has 2 aromatic rings. The minimum Gasteiger partial charge on any atom is -0.495 e. The van der Waals surface area contributed by atoms with Crippen molar-refractivity contribution in [2.24, 2.45) is 0 Å². The Morgan fingerprint density at radius 1 is 1.44 bits per heavy atom. The van der Waals surface area contributed by atoms with Gasteiger partial charge in [-0.3, -0.25) is 4.79 Å². The Hall–Kier alpha value is -1.77. The van der Waals surface area contributed by atoms with Crippen molar-refractivity contribution in [2.45, 2.75) is 20.4 Å². The molecule has 0 fully saturated rings. The quantitative estimate of drug-likeness (QED) is 0.740. The van der Waals surface area contributed by atoms with Gasteiger partial charge in [-0.25, -0.2) is 0 Å². The summed E-state index contributed by atoms with van der Waals surface area (Å²) in [5.74, 6) is 0.895. The molecule has 16 heavy (non-hydrogen) atoms. The predicted octanol–water partition coefficient (Wildman–Crippen LogP) is 2.87. The Morgan fingerprint density at radius 3 is 2.75 bits per heavy atom. The number of nitrogens with zero attached hydrogens (tertiary/aromatic N) is 1. The van der Waals surface area contributed by atoms with Crippen LogP contribution >= 0.6 is 0 Å². The number of ether oxygens (including phenoxy) is 1. The second-order valence-corrected chi connectivity index (χ2v) is 3.73. The number of hydrogen-bond donors (Lipinski definition) is 0. The van der Waals surface area contributed by atoms with Gasteiger partial charge in [-0.05, 0) is 19.1 Å². The van der Waals surface area contributed by atoms with Gasteiger partial charge in [0.15, 0.2) is 5.78 Å². The molecule has 0 N–H and O–H groups in total. The lowest BCUT2D eigenvalue weighted by Gasteiger charge is -2.08. The zero-order chi connectivity index (χ0) is 11.7. The van der Waals surface area contributed by atoms with E-state index < -0.39 is 0 Å². The van der Waals surface area contributed by atoms with Gasteiger partial charge in [-0.1, -0.05) is 12.1 Å². The van der Waals surface area contributed by atoms with Crippen LogP contribution in [0.15, 0.2) is 24.3 Å². The van der Waals surface area contributed by atoms with Crippen LogP contribution in [0, 0.1) is 0 Å². The van der Waals surface area contributed by atoms with Gasteiger partial charge >= 0.3 is 0 Å². The number of methoxy groups -OCH3 is 1. The van der Waals surface area contributed by atoms with Crippen LogP contribution in [0.1, 0.15) is 24.3 Å². The highest BCUT2D eigenvalue weighted by atomic mass is 16.5. The standard InChI is InChI=1S/C13H15NO2/c1-4-14-11(9(2)15)8-10-6-5-7-12(16-3)13(10)14/h5-8H,4H2,1-3H3. The average Bonchev–Trinajstić information content (AvgIpc) is 2.67. The van der Waals surface area contributed by atoms with E-state index in [4.69, 9.17) is 4.74 Å². The molecule has 1 aromatic carbocycles. The van der Waals surface area contributed by atoms with Crippen molar-refractivity contribution in [1.29, 1.82) is 0 Å². The molecule has 0 aliphatic rings. The summed E-state index contributed by atoms with van der Waals surface area (Å²) < 4.78 is 7.33. The fraction of sp³-hybridized carbons (Fsp3) is 0.308. The van der Waals surface area contributed by atoms with E-state index in [1.54, 1.807) is 14.0 Å². The molecule has 0 aliphatic heterocycles. The van der Waals surface area contributed by atoms with Crippen molar-refractivity contribution in [3.8, 4) is 5.75 Å². The molecule has 0 aliphatic carbocycles. The number of aromatic nitrogens is 1. The number of fused-ring (bicyclic) bond motifs is 1. The van der Waals surface area contributed by atoms with Gasteiger partial charge in [0.1, 0.15) is 5.75 Å². The number of rotatable bonds is 3. The summed E-state index contributed by atoms with van der Waals surface area (Å²) in [7, 11) is 1.65. The number of Topliss-reactive ketones (excluding diaryl/α,β-unsaturated/α-hetero) is 1. The van der Waals surface area contributed by atoms with Crippen molar-refractivity contribution in [3.63, 3.8) is 0 Å². The lowest BCUT2D eigenvalue weighted by Crippen LogP contribution is -2.05. The first kappa shape index (κ1) is 10.7. The summed E-state index contributed by atoms with van der Waals surface area (Å²) in [5, 5.41) is 1.05. The second kappa shape index (κ2) is 4.00. The molecule has 0 bridgehead atoms. The molecule has 0 saturated heterocycles. The van der Waals surface area contributed by atoms with Gasteiger partial charge in [-0.2, -0.15) is 0 Å². The molecule has 2 rings (SSSR count). The normalized spacial score (nSPS) is 10.7. The lowest BCUT2D eigenvalue weighted by atomic mass is 10.2. The number of carbonyl (C=O) groups excluding carboxylic acids is 1. The first-order chi connectivity index (χ1) is 7.69. The van der Waals surface area contributed by atoms with E-state index in [0.717, 1.165) is 28.9 Å². The van der Waals surface area contributed by atoms with Crippen LogP contribution in [-0.2, 0) is 6.54 Å². The fourth-order valence-corrected chi connectivity index (χ4v) is 2.08. The van der Waals surface area contributed by atoms with Gasteiger partial charge in [0.25, 0.3) is 0 Å². The molecule has 0 atom stereocenters. The van der Waals surface area contributed by atoms with E-state index in [2.05, 4.69) is 0 Å². The lowest BCUT2D eigenvalue weighted by molar-refractivity contribution is 0.100. The molecule has 1 heterocycles. The molecule has 0 amide bonds. The molecular formula is C13H15NO2. The summed E-state index contributed by atoms with van der Waals surface area (Å²) in [6, 6.07) is 7.77. The first-order valence-corrected chi connectivity index (χ1v) is 5.36. The monoisotopic (exact) mass is 217 g/mol. The summed E-state index contributed by atoms with van der Waals surface area (Å²) in [5.41, 5.74) is 1.74. The van der Waals surface area contributed by atoms with E-state index in [9.17, 15) is 4.79 Å². The average molecular weight is 217 g/mol. The number of para-hydroxylation sites is 1. The maximum Gasteiger partial charge on any atom is 0.176 e. The Bertz CT molecular complexity index is 540. The molecule has 0 saturated carbocycles. The van der Waals surface area contributed by atoms with E-state index in [1.807, 2.05) is 35.8 Å². The molecule has 0 spiro atoms. The summed E-state index contributed by atoms with van der Waals surface area (Å²) in [6.07, 6.45) is 0. The molecule has 84 valence electrons. The van der Waals surface area contributed by atoms with Gasteiger partial charge in [0.05, 0.1) is 18.3 Å². The van der Waals surface area contributed by atoms with E-state index in [0.29, 0.717) is 0 Å². The minimum absolute atomic E-state index is 0.0834. The topological polar surface area (TPSA) is 31.2 Å². The highest BCUT2D eigenvalue weighted by molar-refractivity contribution is 6.00. The number of carbonyl (C=O) groups is 1. The summed E-state index contributed by atoms with van der Waals surface area (Å²) in [6.45, 7) is 4.38. The molecule has 0 unspecified atom stereocenters. The Morgan fingerprint density at radius 2 is 2.19 bits per heavy atom. The van der Waals surface area contributed by atoms with E-state index in [1.165, 1.54) is 0 Å². The van der Waals surface area contributed by atoms with Gasteiger partial charge < -0.3 is 9.30 Å².